The zero-order valence-corrected chi connectivity index (χ0v) is 16.7. The van der Waals surface area contributed by atoms with Crippen molar-refractivity contribution < 1.29 is 8.42 Å². The van der Waals surface area contributed by atoms with Crippen molar-refractivity contribution >= 4 is 21.7 Å². The molecule has 0 spiro atoms. The first kappa shape index (κ1) is 21.0. The second kappa shape index (κ2) is 10.1. The number of benzene rings is 1. The lowest BCUT2D eigenvalue weighted by molar-refractivity contribution is 0.468. The van der Waals surface area contributed by atoms with Gasteiger partial charge in [0.2, 0.25) is 10.0 Å². The molecule has 0 aromatic heterocycles. The summed E-state index contributed by atoms with van der Waals surface area (Å²) in [5.74, 6) is 0.674. The molecule has 0 aliphatic carbocycles. The van der Waals surface area contributed by atoms with Crippen LogP contribution in [-0.2, 0) is 10.0 Å². The number of hydrogen-bond acceptors (Lipinski definition) is 5. The molecule has 27 heavy (non-hydrogen) atoms. The molecular weight excluding hydrogens is 364 g/mol. The Bertz CT molecular complexity index is 787. The van der Waals surface area contributed by atoms with E-state index < -0.39 is 10.0 Å². The van der Waals surface area contributed by atoms with E-state index in [2.05, 4.69) is 31.3 Å². The molecule has 1 atom stereocenters. The van der Waals surface area contributed by atoms with Crippen LogP contribution < -0.4 is 20.3 Å². The number of nitrogens with one attached hydrogen (secondary N) is 3. The van der Waals surface area contributed by atoms with Gasteiger partial charge in [-0.15, -0.1) is 0 Å². The maximum atomic E-state index is 11.1. The highest BCUT2D eigenvalue weighted by atomic mass is 32.2. The lowest BCUT2D eigenvalue weighted by atomic mass is 10.0. The van der Waals surface area contributed by atoms with Gasteiger partial charge in [-0.3, -0.25) is 4.99 Å². The zero-order valence-electron chi connectivity index (χ0n) is 15.9. The van der Waals surface area contributed by atoms with E-state index in [1.165, 1.54) is 0 Å². The summed E-state index contributed by atoms with van der Waals surface area (Å²) in [4.78, 5) is 6.67. The van der Waals surface area contributed by atoms with Gasteiger partial charge in [0.15, 0.2) is 5.96 Å². The van der Waals surface area contributed by atoms with Gasteiger partial charge in [0.05, 0.1) is 24.1 Å². The molecule has 1 aliphatic rings. The summed E-state index contributed by atoms with van der Waals surface area (Å²) in [5.41, 5.74) is 1.65. The third kappa shape index (κ3) is 7.07. The molecular formula is C18H28N6O2S. The number of para-hydroxylation sites is 1. The van der Waals surface area contributed by atoms with Crippen molar-refractivity contribution in [2.24, 2.45) is 4.99 Å². The number of guanidine groups is 1. The number of piperidine rings is 1. The van der Waals surface area contributed by atoms with Gasteiger partial charge in [0, 0.05) is 32.2 Å². The molecule has 2 rings (SSSR count). The van der Waals surface area contributed by atoms with E-state index in [9.17, 15) is 13.7 Å². The minimum Gasteiger partial charge on any atom is -0.368 e. The first-order valence-electron chi connectivity index (χ1n) is 9.16. The molecule has 8 nitrogen and oxygen atoms in total. The highest BCUT2D eigenvalue weighted by Gasteiger charge is 2.22. The predicted octanol–water partition coefficient (Wildman–Crippen LogP) is 0.631. The van der Waals surface area contributed by atoms with E-state index >= 15 is 0 Å². The molecule has 148 valence electrons. The van der Waals surface area contributed by atoms with Crippen LogP contribution in [0.1, 0.15) is 25.3 Å². The highest BCUT2D eigenvalue weighted by molar-refractivity contribution is 7.88. The van der Waals surface area contributed by atoms with Crippen LogP contribution in [0.4, 0.5) is 5.69 Å². The van der Waals surface area contributed by atoms with Crippen LogP contribution in [0.2, 0.25) is 0 Å². The topological polar surface area (TPSA) is 110 Å². The highest BCUT2D eigenvalue weighted by Crippen LogP contribution is 2.23. The van der Waals surface area contributed by atoms with Crippen molar-refractivity contribution in [3.05, 3.63) is 29.8 Å². The van der Waals surface area contributed by atoms with E-state index in [4.69, 9.17) is 0 Å². The van der Waals surface area contributed by atoms with Crippen molar-refractivity contribution in [2.45, 2.75) is 25.8 Å². The van der Waals surface area contributed by atoms with E-state index in [0.29, 0.717) is 18.1 Å². The smallest absolute Gasteiger partial charge is 0.208 e. The monoisotopic (exact) mass is 392 g/mol. The average molecular weight is 393 g/mol. The first-order chi connectivity index (χ1) is 12.9. The lowest BCUT2D eigenvalue weighted by Crippen LogP contribution is -2.51. The van der Waals surface area contributed by atoms with Gasteiger partial charge >= 0.3 is 0 Å². The number of nitrogens with zero attached hydrogens (tertiary/aromatic N) is 3. The molecule has 0 amide bonds. The van der Waals surface area contributed by atoms with Gasteiger partial charge in [-0.25, -0.2) is 13.1 Å². The van der Waals surface area contributed by atoms with Gasteiger partial charge in [-0.1, -0.05) is 12.1 Å². The SMILES string of the molecule is CCNC(=NCCNS(C)(=O)=O)NC1CCCN(c2ccccc2C#N)C1. The third-order valence-corrected chi connectivity index (χ3v) is 4.95. The minimum atomic E-state index is -3.20. The normalized spacial score (nSPS) is 18.0. The Balaban J connectivity index is 1.98. The summed E-state index contributed by atoms with van der Waals surface area (Å²) < 4.78 is 24.7. The van der Waals surface area contributed by atoms with Crippen molar-refractivity contribution in [3.8, 4) is 6.07 Å². The Hall–Kier alpha value is -2.31. The zero-order chi connectivity index (χ0) is 19.7. The van der Waals surface area contributed by atoms with Crippen molar-refractivity contribution in [2.75, 3.05) is 43.9 Å². The van der Waals surface area contributed by atoms with Gasteiger partial charge in [-0.05, 0) is 31.9 Å². The van der Waals surface area contributed by atoms with Crippen molar-refractivity contribution in [1.29, 1.82) is 5.26 Å². The fraction of sp³-hybridized carbons (Fsp3) is 0.556. The number of sulfonamides is 1. The van der Waals surface area contributed by atoms with Gasteiger partial charge in [0.25, 0.3) is 0 Å². The van der Waals surface area contributed by atoms with Crippen LogP contribution in [0.25, 0.3) is 0 Å². The molecule has 1 aromatic carbocycles. The van der Waals surface area contributed by atoms with Crippen LogP contribution >= 0.6 is 0 Å². The number of aliphatic imine (C=N–C) groups is 1. The Morgan fingerprint density at radius 2 is 2.19 bits per heavy atom. The fourth-order valence-corrected chi connectivity index (χ4v) is 3.53. The Morgan fingerprint density at radius 1 is 1.41 bits per heavy atom. The van der Waals surface area contributed by atoms with Crippen LogP contribution in [-0.4, -0.2) is 59.4 Å². The van der Waals surface area contributed by atoms with Crippen LogP contribution in [0.15, 0.2) is 29.3 Å². The van der Waals surface area contributed by atoms with Gasteiger partial charge < -0.3 is 15.5 Å². The third-order valence-electron chi connectivity index (χ3n) is 4.22. The predicted molar refractivity (Wildman–Crippen MR) is 108 cm³/mol. The molecule has 1 aromatic rings. The first-order valence-corrected chi connectivity index (χ1v) is 11.1. The van der Waals surface area contributed by atoms with E-state index in [1.807, 2.05) is 31.2 Å². The Morgan fingerprint density at radius 3 is 2.89 bits per heavy atom. The number of nitriles is 1. The Kier molecular flexibility index (Phi) is 7.88. The summed E-state index contributed by atoms with van der Waals surface area (Å²) in [6.45, 7) is 5.03. The van der Waals surface area contributed by atoms with E-state index in [1.54, 1.807) is 0 Å². The van der Waals surface area contributed by atoms with E-state index in [0.717, 1.165) is 44.4 Å². The standard InChI is InChI=1S/C18H28N6O2S/c1-3-20-18(21-10-11-22-27(2,25)26)23-16-8-6-12-24(14-16)17-9-5-4-7-15(17)13-19/h4-5,7,9,16,22H,3,6,8,10-12,14H2,1-2H3,(H2,20,21,23). The molecule has 1 unspecified atom stereocenters. The summed E-state index contributed by atoms with van der Waals surface area (Å²) in [5, 5.41) is 16.0. The van der Waals surface area contributed by atoms with Crippen molar-refractivity contribution in [3.63, 3.8) is 0 Å². The van der Waals surface area contributed by atoms with Crippen LogP contribution in [0.5, 0.6) is 0 Å². The number of hydrogen-bond donors (Lipinski definition) is 3. The van der Waals surface area contributed by atoms with E-state index in [-0.39, 0.29) is 12.6 Å². The molecule has 1 aliphatic heterocycles. The molecule has 0 radical (unpaired) electrons. The van der Waals surface area contributed by atoms with Gasteiger partial charge in [0.1, 0.15) is 6.07 Å². The lowest BCUT2D eigenvalue weighted by Gasteiger charge is -2.35. The molecule has 1 fully saturated rings. The fourth-order valence-electron chi connectivity index (χ4n) is 3.07. The second-order valence-electron chi connectivity index (χ2n) is 6.49. The summed E-state index contributed by atoms with van der Waals surface area (Å²) in [6, 6.07) is 10.1. The molecule has 0 saturated carbocycles. The number of rotatable bonds is 7. The summed E-state index contributed by atoms with van der Waals surface area (Å²) in [7, 11) is -3.20. The van der Waals surface area contributed by atoms with Crippen LogP contribution in [0, 0.1) is 11.3 Å². The van der Waals surface area contributed by atoms with Crippen LogP contribution in [0.3, 0.4) is 0 Å². The molecule has 1 heterocycles. The van der Waals surface area contributed by atoms with Crippen molar-refractivity contribution in [1.82, 2.24) is 15.4 Å². The maximum absolute atomic E-state index is 11.1. The molecule has 0 bridgehead atoms. The molecule has 3 N–H and O–H groups in total. The van der Waals surface area contributed by atoms with Gasteiger partial charge in [-0.2, -0.15) is 5.26 Å². The maximum Gasteiger partial charge on any atom is 0.208 e. The summed E-state index contributed by atoms with van der Waals surface area (Å²) in [6.07, 6.45) is 3.17. The molecule has 1 saturated heterocycles. The largest absolute Gasteiger partial charge is 0.368 e. The molecule has 9 heteroatoms. The quantitative estimate of drug-likeness (QED) is 0.357. The number of anilines is 1. The minimum absolute atomic E-state index is 0.200. The second-order valence-corrected chi connectivity index (χ2v) is 8.32. The average Bonchev–Trinajstić information content (AvgIpc) is 2.65. The Labute approximate surface area is 161 Å². The summed E-state index contributed by atoms with van der Waals surface area (Å²) >= 11 is 0.